The first-order valence-corrected chi connectivity index (χ1v) is 12.4. The largest absolute Gasteiger partial charge is 0.480 e. The van der Waals surface area contributed by atoms with Gasteiger partial charge < -0.3 is 14.9 Å². The molecule has 7 atom stereocenters. The van der Waals surface area contributed by atoms with Crippen LogP contribution in [0.2, 0.25) is 0 Å². The zero-order chi connectivity index (χ0) is 26.3. The van der Waals surface area contributed by atoms with Crippen LogP contribution in [0.5, 0.6) is 5.75 Å². The van der Waals surface area contributed by atoms with E-state index >= 15 is 4.39 Å². The van der Waals surface area contributed by atoms with E-state index in [-0.39, 0.29) is 31.5 Å². The number of carbonyl (C=O) groups excluding carboxylic acids is 2. The number of halogens is 4. The maximum atomic E-state index is 17.1. The summed E-state index contributed by atoms with van der Waals surface area (Å²) in [6, 6.07) is 0.849. The van der Waals surface area contributed by atoms with Crippen molar-refractivity contribution in [2.45, 2.75) is 76.2 Å². The number of rotatable bonds is 4. The molecule has 5 nitrogen and oxygen atoms in total. The maximum absolute atomic E-state index is 17.1. The van der Waals surface area contributed by atoms with E-state index in [4.69, 9.17) is 4.74 Å². The summed E-state index contributed by atoms with van der Waals surface area (Å²) < 4.78 is 63.3. The number of ketones is 2. The van der Waals surface area contributed by atoms with Gasteiger partial charge in [-0.05, 0) is 50.5 Å². The third-order valence-electron chi connectivity index (χ3n) is 9.97. The van der Waals surface area contributed by atoms with E-state index in [1.165, 1.54) is 6.08 Å². The third kappa shape index (κ3) is 3.20. The summed E-state index contributed by atoms with van der Waals surface area (Å²) in [5.74, 6) is -6.65. The van der Waals surface area contributed by atoms with E-state index in [2.05, 4.69) is 0 Å². The van der Waals surface area contributed by atoms with Crippen molar-refractivity contribution in [3.63, 3.8) is 0 Å². The lowest BCUT2D eigenvalue weighted by atomic mass is 9.44. The van der Waals surface area contributed by atoms with Crippen LogP contribution in [0.15, 0.2) is 23.8 Å². The predicted octanol–water partition coefficient (Wildman–Crippen LogP) is 4.38. The lowest BCUT2D eigenvalue weighted by Gasteiger charge is -2.63. The number of benzene rings is 1. The Bertz CT molecular complexity index is 1150. The van der Waals surface area contributed by atoms with Crippen LogP contribution >= 0.6 is 0 Å². The average Bonchev–Trinajstić information content (AvgIpc) is 3.06. The summed E-state index contributed by atoms with van der Waals surface area (Å²) in [7, 11) is 0. The Balaban J connectivity index is 1.43. The molecule has 1 aromatic carbocycles. The zero-order valence-electron chi connectivity index (χ0n) is 20.3. The van der Waals surface area contributed by atoms with Gasteiger partial charge in [0.2, 0.25) is 5.78 Å². The molecule has 4 aliphatic rings. The van der Waals surface area contributed by atoms with Gasteiger partial charge in [0.05, 0.1) is 6.10 Å². The SMILES string of the molecule is CC12C[C@H](O)[C@@]3(F)C(CCC4=CC(=O)CCC43C)C1CC[C@]2(O)C(=O)COc1c(F)cc(F)cc1F. The normalized spacial score (nSPS) is 41.7. The summed E-state index contributed by atoms with van der Waals surface area (Å²) >= 11 is 0. The molecule has 0 spiro atoms. The number of allylic oxidation sites excluding steroid dienone is 1. The number of alkyl halides is 1. The van der Waals surface area contributed by atoms with Gasteiger partial charge in [0.1, 0.15) is 23.7 Å². The second-order valence-corrected chi connectivity index (χ2v) is 11.4. The molecule has 1 aromatic rings. The average molecular weight is 511 g/mol. The standard InChI is InChI=1S/C27H30F4O5/c1-24-7-5-16(32)9-14(24)3-4-18-17-6-8-26(35,25(17,2)12-21(33)27(18,24)31)22(34)13-36-23-19(29)10-15(28)11-20(23)30/h9-11,17-18,21,33,35H,3-8,12-13H2,1-2H3/t17?,18?,21-,24?,25?,26-,27-/m0/s1. The Labute approximate surface area is 206 Å². The van der Waals surface area contributed by atoms with Crippen LogP contribution < -0.4 is 4.74 Å². The molecule has 0 aliphatic heterocycles. The molecule has 0 aromatic heterocycles. The van der Waals surface area contributed by atoms with Crippen LogP contribution in [-0.4, -0.2) is 45.8 Å². The van der Waals surface area contributed by atoms with Gasteiger partial charge in [0.25, 0.3) is 0 Å². The molecule has 4 unspecified atom stereocenters. The first-order chi connectivity index (χ1) is 16.8. The van der Waals surface area contributed by atoms with Crippen molar-refractivity contribution in [2.75, 3.05) is 6.61 Å². The minimum absolute atomic E-state index is 0.0120. The number of ether oxygens (including phenoxy) is 1. The van der Waals surface area contributed by atoms with Crippen molar-refractivity contribution in [1.29, 1.82) is 0 Å². The van der Waals surface area contributed by atoms with Crippen molar-refractivity contribution in [2.24, 2.45) is 22.7 Å². The maximum Gasteiger partial charge on any atom is 0.202 e. The molecule has 3 fully saturated rings. The van der Waals surface area contributed by atoms with E-state index in [9.17, 15) is 33.0 Å². The number of carbonyl (C=O) groups is 2. The van der Waals surface area contributed by atoms with Gasteiger partial charge in [-0.1, -0.05) is 19.4 Å². The van der Waals surface area contributed by atoms with Gasteiger partial charge in [-0.15, -0.1) is 0 Å². The van der Waals surface area contributed by atoms with Gasteiger partial charge in [-0.3, -0.25) is 9.59 Å². The fourth-order valence-corrected chi connectivity index (χ4v) is 7.96. The second kappa shape index (κ2) is 8.12. The minimum Gasteiger partial charge on any atom is -0.480 e. The Morgan fingerprint density at radius 2 is 1.75 bits per heavy atom. The Hall–Kier alpha value is -2.26. The predicted molar refractivity (Wildman–Crippen MR) is 120 cm³/mol. The number of aliphatic hydroxyl groups excluding tert-OH is 1. The van der Waals surface area contributed by atoms with E-state index in [0.717, 1.165) is 0 Å². The fraction of sp³-hybridized carbons (Fsp3) is 0.630. The van der Waals surface area contributed by atoms with Gasteiger partial charge >= 0.3 is 0 Å². The lowest BCUT2D eigenvalue weighted by molar-refractivity contribution is -0.226. The molecular weight excluding hydrogens is 480 g/mol. The summed E-state index contributed by atoms with van der Waals surface area (Å²) in [4.78, 5) is 25.3. The van der Waals surface area contributed by atoms with Crippen LogP contribution in [0.1, 0.15) is 58.8 Å². The molecule has 36 heavy (non-hydrogen) atoms. The van der Waals surface area contributed by atoms with E-state index in [0.29, 0.717) is 37.0 Å². The summed E-state index contributed by atoms with van der Waals surface area (Å²) in [6.45, 7) is 2.55. The molecule has 0 amide bonds. The highest BCUT2D eigenvalue weighted by Crippen LogP contribution is 2.70. The highest BCUT2D eigenvalue weighted by molar-refractivity contribution is 5.92. The summed E-state index contributed by atoms with van der Waals surface area (Å²) in [5, 5.41) is 22.9. The molecule has 9 heteroatoms. The van der Waals surface area contributed by atoms with Gasteiger partial charge in [-0.2, -0.15) is 0 Å². The molecule has 0 bridgehead atoms. The van der Waals surface area contributed by atoms with Crippen molar-refractivity contribution in [3.8, 4) is 5.75 Å². The lowest BCUT2D eigenvalue weighted by Crippen LogP contribution is -2.69. The number of hydrogen-bond donors (Lipinski definition) is 2. The Morgan fingerprint density at radius 3 is 2.42 bits per heavy atom. The van der Waals surface area contributed by atoms with Crippen LogP contribution in [0.25, 0.3) is 0 Å². The summed E-state index contributed by atoms with van der Waals surface area (Å²) in [6.07, 6.45) is 1.50. The third-order valence-corrected chi connectivity index (χ3v) is 9.97. The van der Waals surface area contributed by atoms with Crippen molar-refractivity contribution in [3.05, 3.63) is 41.2 Å². The van der Waals surface area contributed by atoms with Crippen molar-refractivity contribution >= 4 is 11.6 Å². The molecule has 0 radical (unpaired) electrons. The van der Waals surface area contributed by atoms with Gasteiger partial charge in [0.15, 0.2) is 23.2 Å². The zero-order valence-corrected chi connectivity index (χ0v) is 20.3. The molecule has 0 saturated heterocycles. The van der Waals surface area contributed by atoms with Crippen LogP contribution in [-0.2, 0) is 9.59 Å². The Morgan fingerprint density at radius 1 is 1.08 bits per heavy atom. The molecule has 4 aliphatic carbocycles. The smallest absolute Gasteiger partial charge is 0.202 e. The van der Waals surface area contributed by atoms with Crippen molar-refractivity contribution in [1.82, 2.24) is 0 Å². The number of hydrogen-bond acceptors (Lipinski definition) is 5. The van der Waals surface area contributed by atoms with Crippen LogP contribution in [0, 0.1) is 40.1 Å². The number of aliphatic hydroxyl groups is 2. The molecule has 0 heterocycles. The first-order valence-electron chi connectivity index (χ1n) is 12.4. The fourth-order valence-electron chi connectivity index (χ4n) is 7.96. The first kappa shape index (κ1) is 25.4. The second-order valence-electron chi connectivity index (χ2n) is 11.4. The highest BCUT2D eigenvalue weighted by atomic mass is 19.2. The molecule has 3 saturated carbocycles. The molecular formula is C27H30F4O5. The quantitative estimate of drug-likeness (QED) is 0.588. The Kier molecular flexibility index (Phi) is 5.73. The van der Waals surface area contributed by atoms with Crippen LogP contribution in [0.3, 0.4) is 0 Å². The van der Waals surface area contributed by atoms with Crippen molar-refractivity contribution < 1.29 is 42.1 Å². The van der Waals surface area contributed by atoms with Gasteiger partial charge in [-0.25, -0.2) is 17.6 Å². The number of fused-ring (bicyclic) bond motifs is 5. The van der Waals surface area contributed by atoms with E-state index < -0.39 is 75.6 Å². The van der Waals surface area contributed by atoms with Crippen LogP contribution in [0.4, 0.5) is 17.6 Å². The highest BCUT2D eigenvalue weighted by Gasteiger charge is 2.74. The van der Waals surface area contributed by atoms with Gasteiger partial charge in [0, 0.05) is 35.3 Å². The van der Waals surface area contributed by atoms with E-state index in [1.807, 2.05) is 0 Å². The monoisotopic (exact) mass is 510 g/mol. The molecule has 196 valence electrons. The molecule has 5 rings (SSSR count). The minimum atomic E-state index is -2.02. The van der Waals surface area contributed by atoms with E-state index in [1.54, 1.807) is 13.8 Å². The topological polar surface area (TPSA) is 83.8 Å². The number of Topliss-reactive ketones (excluding diaryl/α,β-unsaturated/α-hetero) is 1. The molecule has 2 N–H and O–H groups in total. The summed E-state index contributed by atoms with van der Waals surface area (Å²) in [5.41, 5.74) is -5.54.